The van der Waals surface area contributed by atoms with Crippen LogP contribution in [0, 0.1) is 11.3 Å². The van der Waals surface area contributed by atoms with E-state index in [1.807, 2.05) is 78.9 Å². The standard InChI is InChI=1S/C34H24ClN5O2S/c35-30-19-16-26(43-30)21-37-32-28(20-36)31(38-40(32)33(41)25-14-8-3-9-15-25)27-17-18-29(24-12-6-2-7-13-24)39(34(27)42)22-23-10-4-1-5-11-23/h1-19,37H,21-22H2. The van der Waals surface area contributed by atoms with Crippen LogP contribution >= 0.6 is 22.9 Å². The minimum Gasteiger partial charge on any atom is -0.364 e. The topological polar surface area (TPSA) is 92.7 Å². The molecule has 7 nitrogen and oxygen atoms in total. The minimum absolute atomic E-state index is 0.0998. The SMILES string of the molecule is N#Cc1c(-c2ccc(-c3ccccc3)n(Cc3ccccc3)c2=O)nn(C(=O)c2ccccc2)c1NCc1ccc(Cl)s1. The fraction of sp³-hybridized carbons (Fsp3) is 0.0588. The molecule has 0 aliphatic heterocycles. The molecule has 9 heteroatoms. The average Bonchev–Trinajstić information content (AvgIpc) is 3.64. The maximum absolute atomic E-state index is 14.3. The van der Waals surface area contributed by atoms with E-state index in [0.29, 0.717) is 23.0 Å². The lowest BCUT2D eigenvalue weighted by Gasteiger charge is -2.15. The van der Waals surface area contributed by atoms with Crippen LogP contribution in [0.3, 0.4) is 0 Å². The third-order valence-corrected chi connectivity index (χ3v) is 8.18. The Labute approximate surface area is 256 Å². The molecule has 0 saturated carbocycles. The number of nitrogens with zero attached hydrogens (tertiary/aromatic N) is 4. The molecule has 6 rings (SSSR count). The van der Waals surface area contributed by atoms with Crippen molar-refractivity contribution in [1.82, 2.24) is 14.3 Å². The van der Waals surface area contributed by atoms with Crippen molar-refractivity contribution in [3.8, 4) is 28.6 Å². The number of hydrogen-bond acceptors (Lipinski definition) is 6. The lowest BCUT2D eigenvalue weighted by Crippen LogP contribution is -2.24. The molecular weight excluding hydrogens is 578 g/mol. The van der Waals surface area contributed by atoms with E-state index in [1.165, 1.54) is 16.0 Å². The molecule has 1 N–H and O–H groups in total. The molecule has 3 aromatic carbocycles. The van der Waals surface area contributed by atoms with Crippen LogP contribution in [0.25, 0.3) is 22.5 Å². The smallest absolute Gasteiger partial charge is 0.280 e. The third kappa shape index (κ3) is 5.77. The molecule has 0 atom stereocenters. The van der Waals surface area contributed by atoms with Gasteiger partial charge in [0.2, 0.25) is 0 Å². The number of rotatable bonds is 8. The number of nitrogens with one attached hydrogen (secondary N) is 1. The van der Waals surface area contributed by atoms with E-state index in [0.717, 1.165) is 21.7 Å². The number of benzene rings is 3. The van der Waals surface area contributed by atoms with Gasteiger partial charge in [-0.25, -0.2) is 0 Å². The van der Waals surface area contributed by atoms with Crippen molar-refractivity contribution in [3.63, 3.8) is 0 Å². The van der Waals surface area contributed by atoms with Gasteiger partial charge in [0.25, 0.3) is 11.5 Å². The normalized spacial score (nSPS) is 10.8. The number of thiophene rings is 1. The summed E-state index contributed by atoms with van der Waals surface area (Å²) in [6, 6.07) is 37.4. The molecule has 0 amide bonds. The van der Waals surface area contributed by atoms with Gasteiger partial charge in [0.05, 0.1) is 28.7 Å². The molecule has 0 aliphatic rings. The van der Waals surface area contributed by atoms with Crippen molar-refractivity contribution in [2.45, 2.75) is 13.1 Å². The van der Waals surface area contributed by atoms with Crippen molar-refractivity contribution >= 4 is 34.7 Å². The van der Waals surface area contributed by atoms with Crippen LogP contribution in [0.15, 0.2) is 120 Å². The van der Waals surface area contributed by atoms with Crippen molar-refractivity contribution in [2.24, 2.45) is 0 Å². The summed E-state index contributed by atoms with van der Waals surface area (Å²) in [5.41, 5.74) is 3.07. The molecule has 0 radical (unpaired) electrons. The van der Waals surface area contributed by atoms with E-state index in [1.54, 1.807) is 41.0 Å². The molecule has 0 bridgehead atoms. The monoisotopic (exact) mass is 601 g/mol. The Morgan fingerprint density at radius 1 is 0.884 bits per heavy atom. The van der Waals surface area contributed by atoms with Crippen molar-refractivity contribution in [3.05, 3.63) is 152 Å². The predicted octanol–water partition coefficient (Wildman–Crippen LogP) is 7.31. The van der Waals surface area contributed by atoms with Crippen molar-refractivity contribution < 1.29 is 4.79 Å². The van der Waals surface area contributed by atoms with E-state index in [9.17, 15) is 14.9 Å². The molecule has 43 heavy (non-hydrogen) atoms. The number of hydrogen-bond donors (Lipinski definition) is 1. The maximum Gasteiger partial charge on any atom is 0.280 e. The second kappa shape index (κ2) is 12.3. The zero-order valence-electron chi connectivity index (χ0n) is 22.8. The highest BCUT2D eigenvalue weighted by molar-refractivity contribution is 7.16. The first-order chi connectivity index (χ1) is 21.0. The Balaban J connectivity index is 1.52. The van der Waals surface area contributed by atoms with E-state index in [4.69, 9.17) is 11.6 Å². The number of halogens is 1. The summed E-state index contributed by atoms with van der Waals surface area (Å²) in [6.07, 6.45) is 0. The summed E-state index contributed by atoms with van der Waals surface area (Å²) < 4.78 is 3.48. The largest absolute Gasteiger partial charge is 0.364 e. The van der Waals surface area contributed by atoms with E-state index in [2.05, 4.69) is 16.5 Å². The van der Waals surface area contributed by atoms with Crippen LogP contribution in [-0.4, -0.2) is 20.3 Å². The van der Waals surface area contributed by atoms with E-state index in [-0.39, 0.29) is 28.2 Å². The van der Waals surface area contributed by atoms with Crippen LogP contribution in [0.4, 0.5) is 5.82 Å². The van der Waals surface area contributed by atoms with E-state index < -0.39 is 5.91 Å². The first-order valence-corrected chi connectivity index (χ1v) is 14.7. The quantitative estimate of drug-likeness (QED) is 0.197. The Kier molecular flexibility index (Phi) is 8.01. The van der Waals surface area contributed by atoms with Gasteiger partial charge in [-0.2, -0.15) is 15.0 Å². The molecule has 6 aromatic rings. The summed E-state index contributed by atoms with van der Waals surface area (Å²) in [5, 5.41) is 18.2. The zero-order valence-corrected chi connectivity index (χ0v) is 24.3. The van der Waals surface area contributed by atoms with Crippen molar-refractivity contribution in [1.29, 1.82) is 5.26 Å². The molecule has 3 heterocycles. The first kappa shape index (κ1) is 27.9. The second-order valence-electron chi connectivity index (χ2n) is 9.70. The third-order valence-electron chi connectivity index (χ3n) is 6.95. The van der Waals surface area contributed by atoms with Crippen LogP contribution < -0.4 is 10.9 Å². The molecule has 0 unspecified atom stereocenters. The highest BCUT2D eigenvalue weighted by Gasteiger charge is 2.26. The molecular formula is C34H24ClN5O2S. The van der Waals surface area contributed by atoms with Crippen LogP contribution in [0.2, 0.25) is 4.34 Å². The number of aromatic nitrogens is 3. The highest BCUT2D eigenvalue weighted by atomic mass is 35.5. The summed E-state index contributed by atoms with van der Waals surface area (Å²) in [7, 11) is 0. The first-order valence-electron chi connectivity index (χ1n) is 13.5. The van der Waals surface area contributed by atoms with Crippen LogP contribution in [0.5, 0.6) is 0 Å². The fourth-order valence-corrected chi connectivity index (χ4v) is 5.91. The van der Waals surface area contributed by atoms with Gasteiger partial charge in [-0.3, -0.25) is 9.59 Å². The Morgan fingerprint density at radius 3 is 2.21 bits per heavy atom. The number of carbonyl (C=O) groups excluding carboxylic acids is 1. The zero-order chi connectivity index (χ0) is 29.8. The molecule has 0 spiro atoms. The molecule has 210 valence electrons. The summed E-state index contributed by atoms with van der Waals surface area (Å²) in [4.78, 5) is 28.9. The second-order valence-corrected chi connectivity index (χ2v) is 11.5. The van der Waals surface area contributed by atoms with Gasteiger partial charge < -0.3 is 9.88 Å². The Hall–Kier alpha value is -5.23. The van der Waals surface area contributed by atoms with Crippen LogP contribution in [-0.2, 0) is 13.1 Å². The van der Waals surface area contributed by atoms with Gasteiger partial charge in [-0.05, 0) is 47.5 Å². The number of pyridine rings is 1. The predicted molar refractivity (Wildman–Crippen MR) is 170 cm³/mol. The number of anilines is 1. The van der Waals surface area contributed by atoms with Gasteiger partial charge in [-0.1, -0.05) is 90.5 Å². The van der Waals surface area contributed by atoms with Gasteiger partial charge in [0, 0.05) is 10.4 Å². The molecule has 0 aliphatic carbocycles. The van der Waals surface area contributed by atoms with Crippen molar-refractivity contribution in [2.75, 3.05) is 5.32 Å². The van der Waals surface area contributed by atoms with E-state index >= 15 is 0 Å². The Morgan fingerprint density at radius 2 is 1.56 bits per heavy atom. The number of nitriles is 1. The number of carbonyl (C=O) groups is 1. The van der Waals surface area contributed by atoms with Gasteiger partial charge in [-0.15, -0.1) is 11.3 Å². The molecule has 0 saturated heterocycles. The lowest BCUT2D eigenvalue weighted by molar-refractivity contribution is 0.0948. The minimum atomic E-state index is -0.430. The summed E-state index contributed by atoms with van der Waals surface area (Å²) in [5.74, 6) is -0.224. The molecule has 0 fully saturated rings. The summed E-state index contributed by atoms with van der Waals surface area (Å²) >= 11 is 7.51. The van der Waals surface area contributed by atoms with Gasteiger partial charge >= 0.3 is 0 Å². The molecule has 3 aromatic heterocycles. The van der Waals surface area contributed by atoms with Gasteiger partial charge in [0.1, 0.15) is 17.3 Å². The fourth-order valence-electron chi connectivity index (χ4n) is 4.89. The summed E-state index contributed by atoms with van der Waals surface area (Å²) in [6.45, 7) is 0.623. The average molecular weight is 602 g/mol. The highest BCUT2D eigenvalue weighted by Crippen LogP contribution is 2.30. The Bertz CT molecular complexity index is 2010. The van der Waals surface area contributed by atoms with Crippen LogP contribution in [0.1, 0.15) is 26.4 Å². The maximum atomic E-state index is 14.3. The lowest BCUT2D eigenvalue weighted by atomic mass is 10.1. The van der Waals surface area contributed by atoms with Gasteiger partial charge in [0.15, 0.2) is 5.82 Å².